The third-order valence-corrected chi connectivity index (χ3v) is 5.63. The number of ether oxygens (including phenoxy) is 2. The lowest BCUT2D eigenvalue weighted by Gasteiger charge is -2.21. The summed E-state index contributed by atoms with van der Waals surface area (Å²) in [6, 6.07) is 10.8. The average molecular weight is 518 g/mol. The molecule has 1 saturated heterocycles. The number of carbonyl (C=O) groups is 2. The van der Waals surface area contributed by atoms with Gasteiger partial charge in [0.05, 0.1) is 15.9 Å². The van der Waals surface area contributed by atoms with Gasteiger partial charge in [0.15, 0.2) is 0 Å². The van der Waals surface area contributed by atoms with Crippen LogP contribution in [0, 0.1) is 20.2 Å². The number of hydrogen-bond acceptors (Lipinski definition) is 10. The molecule has 1 aliphatic rings. The molecule has 2 aromatic rings. The average Bonchev–Trinajstić information content (AvgIpc) is 3.25. The van der Waals surface area contributed by atoms with Crippen LogP contribution in [0.1, 0.15) is 17.5 Å². The van der Waals surface area contributed by atoms with Crippen LogP contribution in [0.25, 0.3) is 0 Å². The molecule has 2 aromatic carbocycles. The molecule has 14 heteroatoms. The van der Waals surface area contributed by atoms with Crippen molar-refractivity contribution in [2.24, 2.45) is 5.10 Å². The number of non-ortho nitro benzene ring substituents is 2. The zero-order chi connectivity index (χ0) is 26.2. The van der Waals surface area contributed by atoms with Gasteiger partial charge in [0.1, 0.15) is 13.2 Å². The first-order valence-corrected chi connectivity index (χ1v) is 11.2. The predicted octanol–water partition coefficient (Wildman–Crippen LogP) is 3.77. The van der Waals surface area contributed by atoms with Crippen molar-refractivity contribution in [3.63, 3.8) is 0 Å². The molecule has 0 radical (unpaired) electrons. The Bertz CT molecular complexity index is 1140. The molecule has 0 unspecified atom stereocenters. The number of nitro groups is 2. The van der Waals surface area contributed by atoms with Crippen LogP contribution in [-0.4, -0.2) is 63.0 Å². The number of thiol groups is 1. The van der Waals surface area contributed by atoms with E-state index in [4.69, 9.17) is 9.47 Å². The third-order valence-electron chi connectivity index (χ3n) is 5.25. The highest BCUT2D eigenvalue weighted by molar-refractivity contribution is 7.81. The van der Waals surface area contributed by atoms with E-state index in [1.54, 1.807) is 0 Å². The molecule has 190 valence electrons. The van der Waals surface area contributed by atoms with E-state index in [1.807, 2.05) is 0 Å². The summed E-state index contributed by atoms with van der Waals surface area (Å²) in [6.45, 7) is 0.149. The maximum Gasteiger partial charge on any atom is 0.430 e. The van der Waals surface area contributed by atoms with Crippen molar-refractivity contribution in [3.05, 3.63) is 79.9 Å². The molecule has 2 amide bonds. The normalized spacial score (nSPS) is 17.1. The van der Waals surface area contributed by atoms with Gasteiger partial charge in [0, 0.05) is 49.3 Å². The largest absolute Gasteiger partial charge is 0.445 e. The molecule has 36 heavy (non-hydrogen) atoms. The third kappa shape index (κ3) is 7.15. The van der Waals surface area contributed by atoms with Gasteiger partial charge >= 0.3 is 12.2 Å². The highest BCUT2D eigenvalue weighted by Gasteiger charge is 2.34. The molecule has 1 heterocycles. The fourth-order valence-electron chi connectivity index (χ4n) is 3.31. The van der Waals surface area contributed by atoms with Crippen molar-refractivity contribution in [2.75, 3.05) is 13.6 Å². The van der Waals surface area contributed by atoms with Gasteiger partial charge in [-0.3, -0.25) is 25.1 Å². The fraction of sp³-hybridized carbons (Fsp3) is 0.318. The molecule has 0 N–H and O–H groups in total. The van der Waals surface area contributed by atoms with Crippen LogP contribution in [0.2, 0.25) is 0 Å². The zero-order valence-electron chi connectivity index (χ0n) is 19.1. The van der Waals surface area contributed by atoms with Gasteiger partial charge in [-0.05, 0) is 41.8 Å². The Labute approximate surface area is 211 Å². The number of benzene rings is 2. The molecule has 0 spiro atoms. The van der Waals surface area contributed by atoms with Gasteiger partial charge in [-0.15, -0.1) is 0 Å². The van der Waals surface area contributed by atoms with E-state index in [0.717, 1.165) is 5.01 Å². The molecule has 1 fully saturated rings. The maximum atomic E-state index is 12.6. The molecule has 13 nitrogen and oxygen atoms in total. The lowest BCUT2D eigenvalue weighted by Crippen LogP contribution is -2.37. The van der Waals surface area contributed by atoms with Crippen LogP contribution in [0.3, 0.4) is 0 Å². The van der Waals surface area contributed by atoms with Crippen molar-refractivity contribution in [1.82, 2.24) is 9.91 Å². The summed E-state index contributed by atoms with van der Waals surface area (Å²) in [7, 11) is 1.39. The minimum absolute atomic E-state index is 0.0609. The summed E-state index contributed by atoms with van der Waals surface area (Å²) >= 11 is 4.43. The monoisotopic (exact) mass is 517 g/mol. The molecular weight excluding hydrogens is 494 g/mol. The Morgan fingerprint density at radius 1 is 1.03 bits per heavy atom. The maximum absolute atomic E-state index is 12.6. The summed E-state index contributed by atoms with van der Waals surface area (Å²) in [5.41, 5.74) is 1.04. The number of likely N-dealkylation sites (tertiary alicyclic amines) is 1. The van der Waals surface area contributed by atoms with Gasteiger partial charge in [0.2, 0.25) is 0 Å². The van der Waals surface area contributed by atoms with Crippen LogP contribution in [0.4, 0.5) is 21.0 Å². The lowest BCUT2D eigenvalue weighted by atomic mass is 10.2. The number of amides is 2. The van der Waals surface area contributed by atoms with E-state index in [0.29, 0.717) is 24.1 Å². The van der Waals surface area contributed by atoms with Crippen molar-refractivity contribution < 1.29 is 28.9 Å². The first kappa shape index (κ1) is 26.4. The number of carbonyl (C=O) groups excluding carboxylic acids is 2. The van der Waals surface area contributed by atoms with Gasteiger partial charge in [-0.1, -0.05) is 0 Å². The fourth-order valence-corrected chi connectivity index (χ4v) is 3.70. The Morgan fingerprint density at radius 2 is 1.53 bits per heavy atom. The topological polar surface area (TPSA) is 158 Å². The highest BCUT2D eigenvalue weighted by Crippen LogP contribution is 2.22. The minimum atomic E-state index is -0.752. The molecule has 1 aliphatic heterocycles. The highest BCUT2D eigenvalue weighted by atomic mass is 32.1. The molecule has 0 aliphatic carbocycles. The van der Waals surface area contributed by atoms with E-state index >= 15 is 0 Å². The summed E-state index contributed by atoms with van der Waals surface area (Å²) in [6.07, 6.45) is 0.559. The van der Waals surface area contributed by atoms with Crippen LogP contribution in [0.15, 0.2) is 53.6 Å². The zero-order valence-corrected chi connectivity index (χ0v) is 20.0. The van der Waals surface area contributed by atoms with Crippen LogP contribution in [-0.2, 0) is 22.7 Å². The van der Waals surface area contributed by atoms with Gasteiger partial charge in [-0.2, -0.15) is 17.7 Å². The lowest BCUT2D eigenvalue weighted by molar-refractivity contribution is -0.385. The summed E-state index contributed by atoms with van der Waals surface area (Å²) in [5.74, 6) is 0. The van der Waals surface area contributed by atoms with Gasteiger partial charge < -0.3 is 9.47 Å². The SMILES string of the molecule is CN(/N=C\[C@@H]1C[C@H](S)CN1C(=O)OCc1ccc([N+](=O)[O-])cc1)C(=O)OCc1ccc([N+](=O)[O-])cc1. The Morgan fingerprint density at radius 3 is 2.03 bits per heavy atom. The smallest absolute Gasteiger partial charge is 0.430 e. The van der Waals surface area contributed by atoms with E-state index in [1.165, 1.54) is 66.7 Å². The first-order chi connectivity index (χ1) is 17.1. The molecular formula is C22H23N5O8S. The van der Waals surface area contributed by atoms with Crippen LogP contribution >= 0.6 is 12.6 Å². The van der Waals surface area contributed by atoms with Crippen LogP contribution in [0.5, 0.6) is 0 Å². The number of hydrogen-bond donors (Lipinski definition) is 1. The van der Waals surface area contributed by atoms with Crippen LogP contribution < -0.4 is 0 Å². The second kappa shape index (κ2) is 12.0. The molecule has 0 saturated carbocycles. The summed E-state index contributed by atoms with van der Waals surface area (Å²) in [4.78, 5) is 46.7. The van der Waals surface area contributed by atoms with E-state index < -0.39 is 28.1 Å². The number of nitrogens with zero attached hydrogens (tertiary/aromatic N) is 5. The van der Waals surface area contributed by atoms with Gasteiger partial charge in [0.25, 0.3) is 11.4 Å². The van der Waals surface area contributed by atoms with E-state index in [-0.39, 0.29) is 29.8 Å². The van der Waals surface area contributed by atoms with Crippen molar-refractivity contribution >= 4 is 42.4 Å². The van der Waals surface area contributed by atoms with Crippen molar-refractivity contribution in [2.45, 2.75) is 30.9 Å². The summed E-state index contributed by atoms with van der Waals surface area (Å²) in [5, 5.41) is 26.4. The molecule has 3 rings (SSSR count). The Hall–Kier alpha value is -4.20. The first-order valence-electron chi connectivity index (χ1n) is 10.7. The van der Waals surface area contributed by atoms with Gasteiger partial charge in [-0.25, -0.2) is 14.6 Å². The quantitative estimate of drug-likeness (QED) is 0.240. The summed E-state index contributed by atoms with van der Waals surface area (Å²) < 4.78 is 10.5. The minimum Gasteiger partial charge on any atom is -0.445 e. The predicted molar refractivity (Wildman–Crippen MR) is 131 cm³/mol. The standard InChI is InChI=1S/C22H23N5O8S/c1-24(21(28)34-13-15-2-6-17(7-3-15)26(30)31)23-11-19-10-20(36)12-25(19)22(29)35-14-16-4-8-18(9-5-16)27(32)33/h2-9,11,19-20,36H,10,12-14H2,1H3/b23-11-/t19-,20-/m0/s1. The second-order valence-electron chi connectivity index (χ2n) is 7.85. The number of rotatable bonds is 8. The van der Waals surface area contributed by atoms with Crippen molar-refractivity contribution in [1.29, 1.82) is 0 Å². The number of hydrazone groups is 1. The second-order valence-corrected chi connectivity index (χ2v) is 8.58. The van der Waals surface area contributed by atoms with E-state index in [2.05, 4.69) is 17.7 Å². The van der Waals surface area contributed by atoms with E-state index in [9.17, 15) is 29.8 Å². The molecule has 2 atom stereocenters. The Kier molecular flexibility index (Phi) is 8.78. The van der Waals surface area contributed by atoms with Crippen molar-refractivity contribution in [3.8, 4) is 0 Å². The number of nitro benzene ring substituents is 2. The molecule has 0 aromatic heterocycles. The Balaban J connectivity index is 1.51. The molecule has 0 bridgehead atoms.